The van der Waals surface area contributed by atoms with Gasteiger partial charge in [-0.25, -0.2) is 0 Å². The zero-order valence-corrected chi connectivity index (χ0v) is 16.4. The van der Waals surface area contributed by atoms with Crippen molar-refractivity contribution in [3.05, 3.63) is 56.2 Å². The molecule has 0 aliphatic carbocycles. The van der Waals surface area contributed by atoms with Crippen molar-refractivity contribution in [1.29, 1.82) is 0 Å². The molecule has 1 aromatic carbocycles. The zero-order chi connectivity index (χ0) is 18.5. The normalized spacial score (nSPS) is 15.1. The predicted octanol–water partition coefficient (Wildman–Crippen LogP) is 3.13. The summed E-state index contributed by atoms with van der Waals surface area (Å²) in [5, 5.41) is 3.02. The standard InChI is InChI=1S/C18H19Cl2N3O2S/c19-15-4-2-1-3-14(15)18(25)21-11-17(24)23-9-7-22(8-10-23)12-13-5-6-16(20)26-13/h1-6H,7-12H2,(H,21,25). The number of benzene rings is 1. The van der Waals surface area contributed by atoms with Gasteiger partial charge in [0.1, 0.15) is 0 Å². The predicted molar refractivity (Wildman–Crippen MR) is 105 cm³/mol. The number of nitrogens with one attached hydrogen (secondary N) is 1. The van der Waals surface area contributed by atoms with Gasteiger partial charge in [-0.3, -0.25) is 14.5 Å². The zero-order valence-electron chi connectivity index (χ0n) is 14.1. The van der Waals surface area contributed by atoms with Crippen molar-refractivity contribution in [3.63, 3.8) is 0 Å². The summed E-state index contributed by atoms with van der Waals surface area (Å²) in [5.41, 5.74) is 0.376. The Morgan fingerprint density at radius 3 is 2.42 bits per heavy atom. The van der Waals surface area contributed by atoms with Crippen molar-refractivity contribution >= 4 is 46.4 Å². The molecule has 0 saturated carbocycles. The summed E-state index contributed by atoms with van der Waals surface area (Å²) < 4.78 is 0.795. The summed E-state index contributed by atoms with van der Waals surface area (Å²) in [6.07, 6.45) is 0. The summed E-state index contributed by atoms with van der Waals surface area (Å²) in [5.74, 6) is -0.415. The lowest BCUT2D eigenvalue weighted by atomic mass is 10.2. The van der Waals surface area contributed by atoms with Crippen LogP contribution in [0.1, 0.15) is 15.2 Å². The third-order valence-electron chi connectivity index (χ3n) is 4.25. The van der Waals surface area contributed by atoms with E-state index in [0.717, 1.165) is 24.0 Å². The van der Waals surface area contributed by atoms with Gasteiger partial charge in [0.15, 0.2) is 0 Å². The molecule has 0 unspecified atom stereocenters. The first-order valence-electron chi connectivity index (χ1n) is 8.30. The van der Waals surface area contributed by atoms with E-state index in [2.05, 4.69) is 10.2 Å². The van der Waals surface area contributed by atoms with E-state index in [9.17, 15) is 9.59 Å². The Hall–Kier alpha value is -1.60. The Balaban J connectivity index is 1.43. The minimum Gasteiger partial charge on any atom is -0.343 e. The first kappa shape index (κ1) is 19.2. The Morgan fingerprint density at radius 2 is 1.77 bits per heavy atom. The van der Waals surface area contributed by atoms with Crippen LogP contribution in [0.4, 0.5) is 0 Å². The fraction of sp³-hybridized carbons (Fsp3) is 0.333. The van der Waals surface area contributed by atoms with Crippen LogP contribution in [0.2, 0.25) is 9.36 Å². The Labute approximate surface area is 166 Å². The maximum Gasteiger partial charge on any atom is 0.253 e. The molecule has 1 saturated heterocycles. The Kier molecular flexibility index (Phi) is 6.53. The van der Waals surface area contributed by atoms with E-state index < -0.39 is 0 Å². The number of hydrogen-bond donors (Lipinski definition) is 1. The lowest BCUT2D eigenvalue weighted by Gasteiger charge is -2.34. The van der Waals surface area contributed by atoms with E-state index in [4.69, 9.17) is 23.2 Å². The van der Waals surface area contributed by atoms with E-state index in [0.29, 0.717) is 23.7 Å². The van der Waals surface area contributed by atoms with Gasteiger partial charge in [0.05, 0.1) is 21.5 Å². The molecule has 0 spiro atoms. The number of hydrogen-bond acceptors (Lipinski definition) is 4. The van der Waals surface area contributed by atoms with Gasteiger partial charge >= 0.3 is 0 Å². The highest BCUT2D eigenvalue weighted by Crippen LogP contribution is 2.23. The first-order chi connectivity index (χ1) is 12.5. The molecule has 2 amide bonds. The molecule has 0 radical (unpaired) electrons. The van der Waals surface area contributed by atoms with E-state index in [1.165, 1.54) is 4.88 Å². The van der Waals surface area contributed by atoms with Gasteiger partial charge in [-0.1, -0.05) is 35.3 Å². The van der Waals surface area contributed by atoms with E-state index in [1.807, 2.05) is 12.1 Å². The number of carbonyl (C=O) groups is 2. The molecule has 2 aromatic rings. The smallest absolute Gasteiger partial charge is 0.253 e. The van der Waals surface area contributed by atoms with Crippen LogP contribution in [0.15, 0.2) is 36.4 Å². The first-order valence-corrected chi connectivity index (χ1v) is 9.87. The van der Waals surface area contributed by atoms with Crippen LogP contribution < -0.4 is 5.32 Å². The highest BCUT2D eigenvalue weighted by molar-refractivity contribution is 7.16. The van der Waals surface area contributed by atoms with Crippen molar-refractivity contribution in [3.8, 4) is 0 Å². The molecule has 1 aliphatic rings. The average Bonchev–Trinajstić information content (AvgIpc) is 3.05. The molecule has 1 aliphatic heterocycles. The maximum atomic E-state index is 12.3. The van der Waals surface area contributed by atoms with Gasteiger partial charge in [-0.05, 0) is 24.3 Å². The maximum absolute atomic E-state index is 12.3. The summed E-state index contributed by atoms with van der Waals surface area (Å²) >= 11 is 13.5. The Morgan fingerprint density at radius 1 is 1.04 bits per heavy atom. The van der Waals surface area contributed by atoms with Crippen molar-refractivity contribution in [2.24, 2.45) is 0 Å². The molecule has 8 heteroatoms. The van der Waals surface area contributed by atoms with Crippen molar-refractivity contribution in [2.45, 2.75) is 6.54 Å². The number of carbonyl (C=O) groups excluding carboxylic acids is 2. The summed E-state index contributed by atoms with van der Waals surface area (Å²) in [6.45, 7) is 3.74. The molecule has 3 rings (SSSR count). The largest absolute Gasteiger partial charge is 0.343 e. The van der Waals surface area contributed by atoms with Crippen molar-refractivity contribution < 1.29 is 9.59 Å². The minimum atomic E-state index is -0.336. The SMILES string of the molecule is O=C(NCC(=O)N1CCN(Cc2ccc(Cl)s2)CC1)c1ccccc1Cl. The summed E-state index contributed by atoms with van der Waals surface area (Å²) in [6, 6.07) is 10.7. The lowest BCUT2D eigenvalue weighted by Crippen LogP contribution is -2.50. The van der Waals surface area contributed by atoms with Crippen LogP contribution in [0.25, 0.3) is 0 Å². The second-order valence-electron chi connectivity index (χ2n) is 6.03. The summed E-state index contributed by atoms with van der Waals surface area (Å²) in [4.78, 5) is 29.8. The van der Waals surface area contributed by atoms with Crippen LogP contribution in [0.3, 0.4) is 0 Å². The monoisotopic (exact) mass is 411 g/mol. The molecule has 1 fully saturated rings. The topological polar surface area (TPSA) is 52.7 Å². The fourth-order valence-electron chi connectivity index (χ4n) is 2.82. The van der Waals surface area contributed by atoms with E-state index in [1.54, 1.807) is 40.5 Å². The molecule has 2 heterocycles. The third-order valence-corrected chi connectivity index (χ3v) is 5.80. The van der Waals surface area contributed by atoms with Gasteiger partial charge in [0.25, 0.3) is 5.91 Å². The molecule has 1 aromatic heterocycles. The van der Waals surface area contributed by atoms with Gasteiger partial charge in [-0.15, -0.1) is 11.3 Å². The number of thiophene rings is 1. The molecule has 0 atom stereocenters. The Bertz CT molecular complexity index is 788. The van der Waals surface area contributed by atoms with E-state index >= 15 is 0 Å². The number of amides is 2. The van der Waals surface area contributed by atoms with Crippen LogP contribution in [0, 0.1) is 0 Å². The van der Waals surface area contributed by atoms with Crippen LogP contribution in [-0.2, 0) is 11.3 Å². The van der Waals surface area contributed by atoms with Crippen molar-refractivity contribution in [1.82, 2.24) is 15.1 Å². The van der Waals surface area contributed by atoms with Gasteiger partial charge in [-0.2, -0.15) is 0 Å². The van der Waals surface area contributed by atoms with Gasteiger partial charge in [0, 0.05) is 37.6 Å². The fourth-order valence-corrected chi connectivity index (χ4v) is 4.17. The quantitative estimate of drug-likeness (QED) is 0.821. The highest BCUT2D eigenvalue weighted by atomic mass is 35.5. The summed E-state index contributed by atoms with van der Waals surface area (Å²) in [7, 11) is 0. The number of nitrogens with zero attached hydrogens (tertiary/aromatic N) is 2. The van der Waals surface area contributed by atoms with E-state index in [-0.39, 0.29) is 18.4 Å². The minimum absolute atomic E-state index is 0.0232. The van der Waals surface area contributed by atoms with Crippen molar-refractivity contribution in [2.75, 3.05) is 32.7 Å². The number of rotatable bonds is 5. The third kappa shape index (κ3) is 4.98. The molecular weight excluding hydrogens is 393 g/mol. The molecule has 0 bridgehead atoms. The number of piperazine rings is 1. The van der Waals surface area contributed by atoms with Crippen LogP contribution in [0.5, 0.6) is 0 Å². The van der Waals surface area contributed by atoms with Crippen LogP contribution in [-0.4, -0.2) is 54.3 Å². The van der Waals surface area contributed by atoms with Gasteiger partial charge in [0.2, 0.25) is 5.91 Å². The van der Waals surface area contributed by atoms with Crippen LogP contribution >= 0.6 is 34.5 Å². The lowest BCUT2D eigenvalue weighted by molar-refractivity contribution is -0.131. The number of halogens is 2. The molecule has 5 nitrogen and oxygen atoms in total. The molecular formula is C18H19Cl2N3O2S. The second kappa shape index (κ2) is 8.86. The highest BCUT2D eigenvalue weighted by Gasteiger charge is 2.22. The average molecular weight is 412 g/mol. The van der Waals surface area contributed by atoms with Gasteiger partial charge < -0.3 is 10.2 Å². The molecule has 26 heavy (non-hydrogen) atoms. The molecule has 138 valence electrons. The molecule has 1 N–H and O–H groups in total. The second-order valence-corrected chi connectivity index (χ2v) is 8.23.